The van der Waals surface area contributed by atoms with E-state index in [2.05, 4.69) is 0 Å². The SMILES string of the molecule is CC(C)=CCc1c(O)cc2c(c1O)C(=O)C1=C[C@@H]3C[C@H]4COC(CC=C(C)C)(C3=O)[C@@]14O2. The molecule has 1 unspecified atom stereocenters. The number of rotatable bonds is 4. The summed E-state index contributed by atoms with van der Waals surface area (Å²) in [5.74, 6) is -1.26. The molecule has 0 amide bonds. The van der Waals surface area contributed by atoms with Crippen molar-refractivity contribution in [1.29, 1.82) is 0 Å². The van der Waals surface area contributed by atoms with Crippen LogP contribution in [0.4, 0.5) is 0 Å². The van der Waals surface area contributed by atoms with Gasteiger partial charge in [0, 0.05) is 35.5 Å². The molecule has 1 aromatic carbocycles. The topological polar surface area (TPSA) is 93.1 Å². The Balaban J connectivity index is 1.71. The van der Waals surface area contributed by atoms with Gasteiger partial charge in [-0.2, -0.15) is 0 Å². The number of hydrogen-bond acceptors (Lipinski definition) is 6. The van der Waals surface area contributed by atoms with E-state index in [9.17, 15) is 19.8 Å². The van der Waals surface area contributed by atoms with Crippen molar-refractivity contribution in [2.75, 3.05) is 6.61 Å². The highest BCUT2D eigenvalue weighted by Crippen LogP contribution is 2.63. The first-order chi connectivity index (χ1) is 15.1. The van der Waals surface area contributed by atoms with Crippen LogP contribution in [0.15, 0.2) is 41.0 Å². The number of phenols is 2. The molecular formula is C26H28O6. The minimum Gasteiger partial charge on any atom is -0.507 e. The Morgan fingerprint density at radius 1 is 1.16 bits per heavy atom. The number of allylic oxidation sites excluding steroid dienone is 4. The number of fused-ring (bicyclic) bond motifs is 1. The maximum atomic E-state index is 13.8. The van der Waals surface area contributed by atoms with Gasteiger partial charge in [0.2, 0.25) is 0 Å². The van der Waals surface area contributed by atoms with E-state index in [-0.39, 0.29) is 45.9 Å². The number of benzene rings is 1. The van der Waals surface area contributed by atoms with Gasteiger partial charge in [-0.15, -0.1) is 0 Å². The molecule has 32 heavy (non-hydrogen) atoms. The number of ketones is 2. The molecule has 1 saturated carbocycles. The van der Waals surface area contributed by atoms with Gasteiger partial charge < -0.3 is 19.7 Å². The smallest absolute Gasteiger partial charge is 0.200 e. The van der Waals surface area contributed by atoms with Crippen LogP contribution >= 0.6 is 0 Å². The van der Waals surface area contributed by atoms with Gasteiger partial charge in [0.25, 0.3) is 0 Å². The predicted molar refractivity (Wildman–Crippen MR) is 118 cm³/mol. The van der Waals surface area contributed by atoms with Crippen LogP contribution in [-0.4, -0.2) is 39.6 Å². The fourth-order valence-electron chi connectivity index (χ4n) is 5.82. The van der Waals surface area contributed by atoms with Gasteiger partial charge in [-0.3, -0.25) is 9.59 Å². The Kier molecular flexibility index (Phi) is 4.48. The normalized spacial score (nSPS) is 31.4. The van der Waals surface area contributed by atoms with E-state index in [1.54, 1.807) is 6.08 Å². The summed E-state index contributed by atoms with van der Waals surface area (Å²) >= 11 is 0. The Bertz CT molecular complexity index is 1150. The Labute approximate surface area is 187 Å². The fourth-order valence-corrected chi connectivity index (χ4v) is 5.82. The maximum absolute atomic E-state index is 13.8. The molecule has 0 aromatic heterocycles. The van der Waals surface area contributed by atoms with Crippen molar-refractivity contribution < 1.29 is 29.3 Å². The fraction of sp³-hybridized carbons (Fsp3) is 0.462. The van der Waals surface area contributed by atoms with Gasteiger partial charge in [0.05, 0.1) is 6.61 Å². The summed E-state index contributed by atoms with van der Waals surface area (Å²) in [5, 5.41) is 21.6. The molecule has 1 spiro atoms. The highest BCUT2D eigenvalue weighted by Gasteiger charge is 2.77. The molecule has 4 bridgehead atoms. The second kappa shape index (κ2) is 6.82. The molecule has 6 rings (SSSR count). The molecule has 6 heteroatoms. The lowest BCUT2D eigenvalue weighted by Gasteiger charge is -2.55. The van der Waals surface area contributed by atoms with Crippen LogP contribution in [-0.2, 0) is 16.0 Å². The number of aromatic hydroxyl groups is 2. The Morgan fingerprint density at radius 3 is 2.56 bits per heavy atom. The lowest BCUT2D eigenvalue weighted by molar-refractivity contribution is -0.165. The predicted octanol–water partition coefficient (Wildman–Crippen LogP) is 4.19. The van der Waals surface area contributed by atoms with E-state index >= 15 is 0 Å². The second-order valence-corrected chi connectivity index (χ2v) is 9.86. The number of ether oxygens (including phenoxy) is 2. The van der Waals surface area contributed by atoms with Gasteiger partial charge in [0.15, 0.2) is 22.8 Å². The molecule has 2 fully saturated rings. The first-order valence-corrected chi connectivity index (χ1v) is 11.1. The Hall–Kier alpha value is -2.86. The molecule has 168 valence electrons. The van der Waals surface area contributed by atoms with Crippen molar-refractivity contribution in [3.8, 4) is 17.2 Å². The van der Waals surface area contributed by atoms with Crippen molar-refractivity contribution in [2.24, 2.45) is 11.8 Å². The highest BCUT2D eigenvalue weighted by atomic mass is 16.6. The van der Waals surface area contributed by atoms with Crippen molar-refractivity contribution in [1.82, 2.24) is 0 Å². The summed E-state index contributed by atoms with van der Waals surface area (Å²) in [5.41, 5.74) is 0.298. The van der Waals surface area contributed by atoms with Crippen molar-refractivity contribution in [3.63, 3.8) is 0 Å². The first-order valence-electron chi connectivity index (χ1n) is 11.1. The summed E-state index contributed by atoms with van der Waals surface area (Å²) in [7, 11) is 0. The molecule has 6 nitrogen and oxygen atoms in total. The van der Waals surface area contributed by atoms with Gasteiger partial charge in [-0.25, -0.2) is 0 Å². The van der Waals surface area contributed by atoms with Gasteiger partial charge in [-0.05, 0) is 40.5 Å². The summed E-state index contributed by atoms with van der Waals surface area (Å²) in [6.45, 7) is 8.08. The maximum Gasteiger partial charge on any atom is 0.200 e. The molecule has 1 aromatic rings. The summed E-state index contributed by atoms with van der Waals surface area (Å²) < 4.78 is 12.7. The molecule has 2 aliphatic heterocycles. The first kappa shape index (κ1) is 21.0. The Morgan fingerprint density at radius 2 is 1.88 bits per heavy atom. The molecule has 4 atom stereocenters. The molecule has 0 radical (unpaired) electrons. The van der Waals surface area contributed by atoms with E-state index < -0.39 is 17.1 Å². The zero-order valence-electron chi connectivity index (χ0n) is 18.8. The van der Waals surface area contributed by atoms with E-state index in [0.717, 1.165) is 11.1 Å². The summed E-state index contributed by atoms with van der Waals surface area (Å²) in [6.07, 6.45) is 6.73. The van der Waals surface area contributed by atoms with Gasteiger partial charge in [0.1, 0.15) is 22.8 Å². The molecule has 1 saturated heterocycles. The quantitative estimate of drug-likeness (QED) is 0.688. The largest absolute Gasteiger partial charge is 0.507 e. The third-order valence-electron chi connectivity index (χ3n) is 7.35. The van der Waals surface area contributed by atoms with E-state index in [4.69, 9.17) is 9.47 Å². The van der Waals surface area contributed by atoms with Crippen LogP contribution in [0, 0.1) is 11.8 Å². The number of phenolic OH excluding ortho intramolecular Hbond substituents is 2. The molecule has 3 aliphatic carbocycles. The second-order valence-electron chi connectivity index (χ2n) is 9.86. The zero-order chi connectivity index (χ0) is 23.0. The number of Topliss-reactive ketones (excluding diaryl/α,β-unsaturated/α-hetero) is 2. The minimum absolute atomic E-state index is 0.0496. The van der Waals surface area contributed by atoms with Crippen LogP contribution in [0.1, 0.15) is 56.5 Å². The monoisotopic (exact) mass is 436 g/mol. The van der Waals surface area contributed by atoms with Crippen LogP contribution in [0.3, 0.4) is 0 Å². The minimum atomic E-state index is -1.28. The molecule has 2 heterocycles. The van der Waals surface area contributed by atoms with E-state index in [1.165, 1.54) is 6.07 Å². The standard InChI is InChI=1S/C26H28O6/c1-13(2)5-6-17-19(27)11-20-21(22(17)28)23(29)18-10-15-9-16-12-31-25(24(15)30,8-7-14(3)4)26(16,18)32-20/h5,7,10-11,15-16,27-28H,6,8-9,12H2,1-4H3/t15-,16-,25?,26-/m0/s1. The van der Waals surface area contributed by atoms with Crippen molar-refractivity contribution in [3.05, 3.63) is 52.1 Å². The highest BCUT2D eigenvalue weighted by molar-refractivity contribution is 6.18. The van der Waals surface area contributed by atoms with Gasteiger partial charge >= 0.3 is 0 Å². The van der Waals surface area contributed by atoms with Crippen LogP contribution in [0.25, 0.3) is 0 Å². The number of carbonyl (C=O) groups excluding carboxylic acids is 2. The third kappa shape index (κ3) is 2.50. The molecular weight excluding hydrogens is 408 g/mol. The number of hydrogen-bond donors (Lipinski definition) is 2. The zero-order valence-corrected chi connectivity index (χ0v) is 18.8. The van der Waals surface area contributed by atoms with Crippen molar-refractivity contribution >= 4 is 11.6 Å². The van der Waals surface area contributed by atoms with Crippen LogP contribution < -0.4 is 4.74 Å². The average molecular weight is 437 g/mol. The van der Waals surface area contributed by atoms with Crippen LogP contribution in [0.2, 0.25) is 0 Å². The third-order valence-corrected chi connectivity index (χ3v) is 7.35. The lowest BCUT2D eigenvalue weighted by Crippen LogP contribution is -2.71. The summed E-state index contributed by atoms with van der Waals surface area (Å²) in [4.78, 5) is 27.3. The number of carbonyl (C=O) groups is 2. The summed E-state index contributed by atoms with van der Waals surface area (Å²) in [6, 6.07) is 1.39. The molecule has 2 N–H and O–H groups in total. The van der Waals surface area contributed by atoms with E-state index in [1.807, 2.05) is 39.8 Å². The average Bonchev–Trinajstić information content (AvgIpc) is 2.97. The van der Waals surface area contributed by atoms with Crippen molar-refractivity contribution in [2.45, 2.75) is 58.2 Å². The molecule has 5 aliphatic rings. The lowest BCUT2D eigenvalue weighted by atomic mass is 9.53. The van der Waals surface area contributed by atoms with E-state index in [0.29, 0.717) is 31.4 Å². The van der Waals surface area contributed by atoms with Gasteiger partial charge in [-0.1, -0.05) is 29.4 Å². The van der Waals surface area contributed by atoms with Crippen LogP contribution in [0.5, 0.6) is 17.2 Å².